The standard InChI is InChI=1S/C21H23N3O2S/c1-24(20-11-12-27(25,26)15-20)14-19-13-22-23-21(19)18-9-7-17(8-10-18)16-5-3-2-4-6-16/h2-10,13,20H,11-12,14-15H2,1H3,(H,22,23)/t20-/m1/s1. The SMILES string of the molecule is CN(Cc1cn[nH]c1-c1ccc(-c2ccccc2)cc1)[C@@H]1CCS(=O)(=O)C1. The van der Waals surface area contributed by atoms with Crippen LogP contribution in [0.15, 0.2) is 60.8 Å². The van der Waals surface area contributed by atoms with Crippen molar-refractivity contribution >= 4 is 9.84 Å². The molecule has 140 valence electrons. The van der Waals surface area contributed by atoms with Gasteiger partial charge < -0.3 is 0 Å². The van der Waals surface area contributed by atoms with Crippen molar-refractivity contribution in [3.05, 3.63) is 66.4 Å². The third-order valence-corrected chi connectivity index (χ3v) is 7.00. The zero-order valence-corrected chi connectivity index (χ0v) is 16.1. The van der Waals surface area contributed by atoms with Crippen LogP contribution in [0.25, 0.3) is 22.4 Å². The Bertz CT molecular complexity index is 1010. The van der Waals surface area contributed by atoms with E-state index in [0.717, 1.165) is 16.8 Å². The number of aromatic nitrogens is 2. The van der Waals surface area contributed by atoms with Crippen LogP contribution in [0.2, 0.25) is 0 Å². The Balaban J connectivity index is 1.52. The first kappa shape index (κ1) is 17.9. The molecule has 1 aromatic heterocycles. The van der Waals surface area contributed by atoms with Gasteiger partial charge in [0.2, 0.25) is 0 Å². The second-order valence-corrected chi connectivity index (χ2v) is 9.41. The molecule has 2 heterocycles. The van der Waals surface area contributed by atoms with E-state index in [1.807, 2.05) is 31.4 Å². The van der Waals surface area contributed by atoms with E-state index in [4.69, 9.17) is 0 Å². The molecular formula is C21H23N3O2S. The van der Waals surface area contributed by atoms with E-state index in [9.17, 15) is 8.42 Å². The molecule has 1 fully saturated rings. The van der Waals surface area contributed by atoms with Crippen LogP contribution in [0.1, 0.15) is 12.0 Å². The zero-order chi connectivity index (χ0) is 18.9. The van der Waals surface area contributed by atoms with Crippen molar-refractivity contribution in [2.45, 2.75) is 19.0 Å². The molecule has 1 N–H and O–H groups in total. The van der Waals surface area contributed by atoms with Crippen molar-refractivity contribution in [3.8, 4) is 22.4 Å². The highest BCUT2D eigenvalue weighted by Gasteiger charge is 2.30. The van der Waals surface area contributed by atoms with Crippen LogP contribution >= 0.6 is 0 Å². The van der Waals surface area contributed by atoms with E-state index in [1.54, 1.807) is 0 Å². The summed E-state index contributed by atoms with van der Waals surface area (Å²) < 4.78 is 23.5. The number of aromatic amines is 1. The van der Waals surface area contributed by atoms with Gasteiger partial charge in [0.15, 0.2) is 9.84 Å². The summed E-state index contributed by atoms with van der Waals surface area (Å²) in [5.74, 6) is 0.545. The van der Waals surface area contributed by atoms with Gasteiger partial charge in [0.1, 0.15) is 0 Å². The van der Waals surface area contributed by atoms with E-state index in [1.165, 1.54) is 11.1 Å². The van der Waals surface area contributed by atoms with E-state index in [0.29, 0.717) is 18.7 Å². The summed E-state index contributed by atoms with van der Waals surface area (Å²) in [7, 11) is -0.891. The summed E-state index contributed by atoms with van der Waals surface area (Å²) in [5, 5.41) is 7.32. The van der Waals surface area contributed by atoms with Crippen LogP contribution < -0.4 is 0 Å². The Morgan fingerprint density at radius 3 is 2.37 bits per heavy atom. The summed E-state index contributed by atoms with van der Waals surface area (Å²) in [5.41, 5.74) is 5.51. The number of benzene rings is 2. The van der Waals surface area contributed by atoms with E-state index in [-0.39, 0.29) is 11.8 Å². The molecule has 1 aliphatic heterocycles. The van der Waals surface area contributed by atoms with Crippen molar-refractivity contribution in [1.82, 2.24) is 15.1 Å². The summed E-state index contributed by atoms with van der Waals surface area (Å²) in [4.78, 5) is 2.12. The van der Waals surface area contributed by atoms with Gasteiger partial charge >= 0.3 is 0 Å². The van der Waals surface area contributed by atoms with Crippen molar-refractivity contribution in [2.24, 2.45) is 0 Å². The quantitative estimate of drug-likeness (QED) is 0.736. The maximum Gasteiger partial charge on any atom is 0.151 e. The Labute approximate surface area is 160 Å². The minimum absolute atomic E-state index is 0.0817. The fraction of sp³-hybridized carbons (Fsp3) is 0.286. The highest BCUT2D eigenvalue weighted by Crippen LogP contribution is 2.27. The molecule has 27 heavy (non-hydrogen) atoms. The molecule has 1 saturated heterocycles. The van der Waals surface area contributed by atoms with Crippen molar-refractivity contribution in [2.75, 3.05) is 18.6 Å². The first-order chi connectivity index (χ1) is 13.0. The van der Waals surface area contributed by atoms with E-state index < -0.39 is 9.84 Å². The fourth-order valence-electron chi connectivity index (χ4n) is 3.66. The number of H-pyrrole nitrogens is 1. The lowest BCUT2D eigenvalue weighted by molar-refractivity contribution is 0.254. The molecule has 0 unspecified atom stereocenters. The molecule has 0 bridgehead atoms. The molecule has 1 atom stereocenters. The van der Waals surface area contributed by atoms with E-state index in [2.05, 4.69) is 51.5 Å². The molecule has 0 saturated carbocycles. The number of hydrogen-bond acceptors (Lipinski definition) is 4. The smallest absolute Gasteiger partial charge is 0.151 e. The highest BCUT2D eigenvalue weighted by molar-refractivity contribution is 7.91. The minimum Gasteiger partial charge on any atom is -0.298 e. The van der Waals surface area contributed by atoms with Crippen LogP contribution in [0.4, 0.5) is 0 Å². The molecule has 0 aliphatic carbocycles. The number of rotatable bonds is 5. The normalized spacial score (nSPS) is 18.8. The second kappa shape index (κ2) is 7.29. The maximum absolute atomic E-state index is 11.7. The van der Waals surface area contributed by atoms with Gasteiger partial charge in [-0.1, -0.05) is 54.6 Å². The average molecular weight is 382 g/mol. The lowest BCUT2D eigenvalue weighted by Crippen LogP contribution is -2.32. The molecule has 4 rings (SSSR count). The molecule has 0 amide bonds. The zero-order valence-electron chi connectivity index (χ0n) is 15.3. The van der Waals surface area contributed by atoms with Gasteiger partial charge in [0.25, 0.3) is 0 Å². The number of nitrogens with zero attached hydrogens (tertiary/aromatic N) is 2. The summed E-state index contributed by atoms with van der Waals surface area (Å²) in [6.45, 7) is 0.673. The lowest BCUT2D eigenvalue weighted by atomic mass is 10.0. The minimum atomic E-state index is -2.88. The summed E-state index contributed by atoms with van der Waals surface area (Å²) in [6, 6.07) is 18.8. The van der Waals surface area contributed by atoms with Crippen LogP contribution in [-0.4, -0.2) is 48.1 Å². The molecule has 1 aliphatic rings. The predicted octanol–water partition coefficient (Wildman–Crippen LogP) is 3.36. The Kier molecular flexibility index (Phi) is 4.85. The number of sulfone groups is 1. The Hall–Kier alpha value is -2.44. The van der Waals surface area contributed by atoms with Gasteiger partial charge in [0, 0.05) is 18.2 Å². The van der Waals surface area contributed by atoms with Gasteiger partial charge in [-0.15, -0.1) is 0 Å². The van der Waals surface area contributed by atoms with Crippen molar-refractivity contribution in [3.63, 3.8) is 0 Å². The molecule has 0 spiro atoms. The lowest BCUT2D eigenvalue weighted by Gasteiger charge is -2.22. The van der Waals surface area contributed by atoms with Crippen LogP contribution in [-0.2, 0) is 16.4 Å². The molecule has 5 nitrogen and oxygen atoms in total. The molecule has 0 radical (unpaired) electrons. The van der Waals surface area contributed by atoms with Gasteiger partial charge in [0.05, 0.1) is 23.4 Å². The van der Waals surface area contributed by atoms with Crippen LogP contribution in [0.3, 0.4) is 0 Å². The number of hydrogen-bond donors (Lipinski definition) is 1. The largest absolute Gasteiger partial charge is 0.298 e. The summed E-state index contributed by atoms with van der Waals surface area (Å²) in [6.07, 6.45) is 2.54. The molecule has 6 heteroatoms. The topological polar surface area (TPSA) is 66.1 Å². The van der Waals surface area contributed by atoms with Gasteiger partial charge in [-0.25, -0.2) is 8.42 Å². The molecule has 3 aromatic rings. The monoisotopic (exact) mass is 381 g/mol. The number of nitrogens with one attached hydrogen (secondary N) is 1. The van der Waals surface area contributed by atoms with Gasteiger partial charge in [-0.3, -0.25) is 10.00 Å². The van der Waals surface area contributed by atoms with E-state index >= 15 is 0 Å². The van der Waals surface area contributed by atoms with Crippen LogP contribution in [0, 0.1) is 0 Å². The third kappa shape index (κ3) is 3.96. The van der Waals surface area contributed by atoms with Crippen molar-refractivity contribution < 1.29 is 8.42 Å². The second-order valence-electron chi connectivity index (χ2n) is 7.19. The third-order valence-electron chi connectivity index (χ3n) is 5.25. The maximum atomic E-state index is 11.7. The van der Waals surface area contributed by atoms with Gasteiger partial charge in [-0.05, 0) is 30.2 Å². The fourth-order valence-corrected chi connectivity index (χ4v) is 5.47. The Morgan fingerprint density at radius 2 is 1.70 bits per heavy atom. The summed E-state index contributed by atoms with van der Waals surface area (Å²) >= 11 is 0. The molecule has 2 aromatic carbocycles. The van der Waals surface area contributed by atoms with Gasteiger partial charge in [-0.2, -0.15) is 5.10 Å². The first-order valence-corrected chi connectivity index (χ1v) is 10.9. The average Bonchev–Trinajstić information content (AvgIpc) is 3.28. The van der Waals surface area contributed by atoms with Crippen LogP contribution in [0.5, 0.6) is 0 Å². The van der Waals surface area contributed by atoms with Crippen molar-refractivity contribution in [1.29, 1.82) is 0 Å². The Morgan fingerprint density at radius 1 is 1.04 bits per heavy atom. The predicted molar refractivity (Wildman–Crippen MR) is 108 cm³/mol. The first-order valence-electron chi connectivity index (χ1n) is 9.10. The highest BCUT2D eigenvalue weighted by atomic mass is 32.2. The molecular weight excluding hydrogens is 358 g/mol.